The summed E-state index contributed by atoms with van der Waals surface area (Å²) in [6, 6.07) is 13.0. The van der Waals surface area contributed by atoms with Crippen LogP contribution in [0.5, 0.6) is 17.2 Å². The van der Waals surface area contributed by atoms with Crippen LogP contribution in [0.4, 0.5) is 4.39 Å². The number of ether oxygens (including phenoxy) is 3. The van der Waals surface area contributed by atoms with Gasteiger partial charge in [-0.25, -0.2) is 4.39 Å². The quantitative estimate of drug-likeness (QED) is 0.544. The van der Waals surface area contributed by atoms with Crippen LogP contribution in [0, 0.1) is 5.82 Å². The fourth-order valence-corrected chi connectivity index (χ4v) is 3.21. The van der Waals surface area contributed by atoms with Gasteiger partial charge in [-0.15, -0.1) is 10.2 Å². The van der Waals surface area contributed by atoms with Crippen LogP contribution in [0.3, 0.4) is 0 Å². The SMILES string of the molecule is O=C(CSc1nnc(COc2ccc(F)cc2)o1)NCC1COc2ccccc2O1. The second kappa shape index (κ2) is 9.49. The fraction of sp³-hybridized carbons (Fsp3) is 0.250. The van der Waals surface area contributed by atoms with Gasteiger partial charge in [0.2, 0.25) is 5.91 Å². The largest absolute Gasteiger partial charge is 0.486 e. The Morgan fingerprint density at radius 1 is 1.17 bits per heavy atom. The lowest BCUT2D eigenvalue weighted by molar-refractivity contribution is -0.119. The molecule has 156 valence electrons. The molecule has 0 saturated carbocycles. The molecule has 1 atom stereocenters. The normalized spacial score (nSPS) is 14.9. The molecule has 3 aromatic rings. The number of halogens is 1. The molecule has 2 aromatic carbocycles. The molecular formula is C20H18FN3O5S. The number of thioether (sulfide) groups is 1. The number of nitrogens with zero attached hydrogens (tertiary/aromatic N) is 2. The molecule has 1 aromatic heterocycles. The average Bonchev–Trinajstić information content (AvgIpc) is 3.23. The van der Waals surface area contributed by atoms with Gasteiger partial charge in [0.05, 0.1) is 12.3 Å². The van der Waals surface area contributed by atoms with Gasteiger partial charge in [-0.2, -0.15) is 0 Å². The molecule has 2 heterocycles. The van der Waals surface area contributed by atoms with Crippen molar-refractivity contribution >= 4 is 17.7 Å². The van der Waals surface area contributed by atoms with Crippen molar-refractivity contribution in [2.75, 3.05) is 18.9 Å². The van der Waals surface area contributed by atoms with Gasteiger partial charge < -0.3 is 23.9 Å². The van der Waals surface area contributed by atoms with Crippen LogP contribution < -0.4 is 19.5 Å². The molecule has 0 bridgehead atoms. The monoisotopic (exact) mass is 431 g/mol. The lowest BCUT2D eigenvalue weighted by Gasteiger charge is -2.26. The maximum atomic E-state index is 12.9. The predicted octanol–water partition coefficient (Wildman–Crippen LogP) is 2.84. The lowest BCUT2D eigenvalue weighted by Crippen LogP contribution is -2.41. The third-order valence-corrected chi connectivity index (χ3v) is 4.86. The number of rotatable bonds is 8. The fourth-order valence-electron chi connectivity index (χ4n) is 2.60. The number of aromatic nitrogens is 2. The molecule has 0 radical (unpaired) electrons. The highest BCUT2D eigenvalue weighted by Crippen LogP contribution is 2.30. The van der Waals surface area contributed by atoms with E-state index in [1.165, 1.54) is 24.3 Å². The van der Waals surface area contributed by atoms with E-state index in [1.54, 1.807) is 0 Å². The van der Waals surface area contributed by atoms with Crippen LogP contribution in [0.1, 0.15) is 5.89 Å². The summed E-state index contributed by atoms with van der Waals surface area (Å²) in [6.45, 7) is 0.742. The molecule has 1 N–H and O–H groups in total. The molecule has 4 rings (SSSR count). The number of fused-ring (bicyclic) bond motifs is 1. The molecule has 8 nitrogen and oxygen atoms in total. The van der Waals surface area contributed by atoms with Crippen LogP contribution >= 0.6 is 11.8 Å². The first kappa shape index (κ1) is 20.0. The number of benzene rings is 2. The highest BCUT2D eigenvalue weighted by molar-refractivity contribution is 7.99. The highest BCUT2D eigenvalue weighted by atomic mass is 32.2. The second-order valence-corrected chi connectivity index (χ2v) is 7.22. The lowest BCUT2D eigenvalue weighted by atomic mass is 10.2. The molecule has 1 unspecified atom stereocenters. The van der Waals surface area contributed by atoms with Gasteiger partial charge in [-0.05, 0) is 36.4 Å². The van der Waals surface area contributed by atoms with Gasteiger partial charge in [0.15, 0.2) is 18.1 Å². The number of carbonyl (C=O) groups is 1. The maximum Gasteiger partial charge on any atom is 0.277 e. The van der Waals surface area contributed by atoms with E-state index in [-0.39, 0.29) is 41.3 Å². The van der Waals surface area contributed by atoms with Crippen molar-refractivity contribution in [3.63, 3.8) is 0 Å². The molecule has 1 amide bonds. The molecule has 0 spiro atoms. The third kappa shape index (κ3) is 5.41. The summed E-state index contributed by atoms with van der Waals surface area (Å²) in [7, 11) is 0. The van der Waals surface area contributed by atoms with Gasteiger partial charge >= 0.3 is 0 Å². The molecule has 0 fully saturated rings. The van der Waals surface area contributed by atoms with Crippen molar-refractivity contribution in [2.24, 2.45) is 0 Å². The molecule has 30 heavy (non-hydrogen) atoms. The van der Waals surface area contributed by atoms with E-state index < -0.39 is 0 Å². The van der Waals surface area contributed by atoms with Crippen LogP contribution in [0.25, 0.3) is 0 Å². The summed E-state index contributed by atoms with van der Waals surface area (Å²) >= 11 is 1.12. The molecular weight excluding hydrogens is 413 g/mol. The number of amides is 1. The van der Waals surface area contributed by atoms with Crippen LogP contribution in [0.2, 0.25) is 0 Å². The third-order valence-electron chi connectivity index (χ3n) is 4.05. The zero-order chi connectivity index (χ0) is 20.8. The molecule has 1 aliphatic heterocycles. The van der Waals surface area contributed by atoms with E-state index >= 15 is 0 Å². The topological polar surface area (TPSA) is 95.7 Å². The van der Waals surface area contributed by atoms with Crippen LogP contribution in [-0.4, -0.2) is 41.1 Å². The first-order chi connectivity index (χ1) is 14.7. The Balaban J connectivity index is 1.17. The maximum absolute atomic E-state index is 12.9. The first-order valence-electron chi connectivity index (χ1n) is 9.14. The van der Waals surface area contributed by atoms with Crippen molar-refractivity contribution in [3.8, 4) is 17.2 Å². The number of hydrogen-bond acceptors (Lipinski definition) is 8. The summed E-state index contributed by atoms with van der Waals surface area (Å²) < 4.78 is 35.2. The van der Waals surface area contributed by atoms with E-state index in [2.05, 4.69) is 15.5 Å². The minimum absolute atomic E-state index is 0.0475. The van der Waals surface area contributed by atoms with Gasteiger partial charge in [0.1, 0.15) is 24.3 Å². The number of carbonyl (C=O) groups excluding carboxylic acids is 1. The predicted molar refractivity (Wildman–Crippen MR) is 105 cm³/mol. The Morgan fingerprint density at radius 3 is 2.80 bits per heavy atom. The smallest absolute Gasteiger partial charge is 0.277 e. The number of para-hydroxylation sites is 2. The van der Waals surface area contributed by atoms with Gasteiger partial charge in [-0.3, -0.25) is 4.79 Å². The minimum Gasteiger partial charge on any atom is -0.486 e. The molecule has 1 aliphatic rings. The van der Waals surface area contributed by atoms with Crippen LogP contribution in [-0.2, 0) is 11.4 Å². The van der Waals surface area contributed by atoms with E-state index in [1.807, 2.05) is 24.3 Å². The zero-order valence-corrected chi connectivity index (χ0v) is 16.6. The van der Waals surface area contributed by atoms with E-state index in [0.29, 0.717) is 30.4 Å². The number of nitrogens with one attached hydrogen (secondary N) is 1. The molecule has 0 aliphatic carbocycles. The Kier molecular flexibility index (Phi) is 6.33. The second-order valence-electron chi connectivity index (χ2n) is 6.29. The van der Waals surface area contributed by atoms with E-state index in [9.17, 15) is 9.18 Å². The average molecular weight is 431 g/mol. The minimum atomic E-state index is -0.343. The summed E-state index contributed by atoms with van der Waals surface area (Å²) in [6.07, 6.45) is -0.257. The summed E-state index contributed by atoms with van der Waals surface area (Å²) in [5.41, 5.74) is 0. The van der Waals surface area contributed by atoms with Crippen molar-refractivity contribution in [2.45, 2.75) is 17.9 Å². The van der Waals surface area contributed by atoms with Gasteiger partial charge in [0.25, 0.3) is 11.1 Å². The summed E-state index contributed by atoms with van der Waals surface area (Å²) in [5, 5.41) is 10.8. The van der Waals surface area contributed by atoms with Crippen molar-refractivity contribution in [1.82, 2.24) is 15.5 Å². The molecule has 10 heteroatoms. The highest BCUT2D eigenvalue weighted by Gasteiger charge is 2.21. The van der Waals surface area contributed by atoms with E-state index in [0.717, 1.165) is 11.8 Å². The number of hydrogen-bond donors (Lipinski definition) is 1. The van der Waals surface area contributed by atoms with Gasteiger partial charge in [-0.1, -0.05) is 23.9 Å². The van der Waals surface area contributed by atoms with Crippen LogP contribution in [0.15, 0.2) is 58.2 Å². The molecule has 0 saturated heterocycles. The standard InChI is InChI=1S/C20H18FN3O5S/c21-13-5-7-14(8-6-13)26-11-19-23-24-20(29-19)30-12-18(25)22-9-15-10-27-16-3-1-2-4-17(16)28-15/h1-8,15H,9-12H2,(H,22,25). The van der Waals surface area contributed by atoms with Crippen molar-refractivity contribution in [3.05, 3.63) is 60.2 Å². The van der Waals surface area contributed by atoms with Gasteiger partial charge in [0, 0.05) is 0 Å². The Labute approximate surface area is 175 Å². The summed E-state index contributed by atoms with van der Waals surface area (Å²) in [5.74, 6) is 1.69. The Hall–Kier alpha value is -3.27. The zero-order valence-electron chi connectivity index (χ0n) is 15.7. The first-order valence-corrected chi connectivity index (χ1v) is 10.1. The van der Waals surface area contributed by atoms with Crippen molar-refractivity contribution < 1.29 is 27.8 Å². The summed E-state index contributed by atoms with van der Waals surface area (Å²) in [4.78, 5) is 12.1. The van der Waals surface area contributed by atoms with Crippen molar-refractivity contribution in [1.29, 1.82) is 0 Å². The Morgan fingerprint density at radius 2 is 1.97 bits per heavy atom. The Bertz CT molecular complexity index is 998. The van der Waals surface area contributed by atoms with E-state index in [4.69, 9.17) is 18.6 Å².